The van der Waals surface area contributed by atoms with Crippen molar-refractivity contribution in [3.05, 3.63) is 208 Å². The molecular weight excluding hydrogens is 1360 g/mol. The maximum absolute atomic E-state index is 14.5. The summed E-state index contributed by atoms with van der Waals surface area (Å²) in [5.74, 6) is 1.27. The second-order valence-electron chi connectivity index (χ2n) is 31.7. The molecule has 0 bridgehead atoms. The van der Waals surface area contributed by atoms with Crippen LogP contribution in [0.4, 0.5) is 52.1 Å². The number of nitrogens with two attached hydrogens (primary N) is 3. The second kappa shape index (κ2) is 27.1. The Labute approximate surface area is 618 Å². The zero-order valence-corrected chi connectivity index (χ0v) is 62.7. The lowest BCUT2D eigenvalue weighted by atomic mass is 9.89. The van der Waals surface area contributed by atoms with E-state index in [4.69, 9.17) is 36.9 Å². The Balaban J connectivity index is 0.000000142. The topological polar surface area (TPSA) is 267 Å². The monoisotopic (exact) mass is 1450 g/mol. The van der Waals surface area contributed by atoms with Crippen LogP contribution in [0.15, 0.2) is 158 Å². The highest BCUT2D eigenvalue weighted by atomic mass is 19.4. The molecule has 0 unspecified atom stereocenters. The molecule has 19 nitrogen and oxygen atoms in total. The molecule has 23 heteroatoms. The van der Waals surface area contributed by atoms with E-state index in [0.717, 1.165) is 125 Å². The number of nitrogens with zero attached hydrogens (tertiary/aromatic N) is 9. The molecule has 107 heavy (non-hydrogen) atoms. The number of pyridine rings is 3. The molecule has 12 aromatic rings. The zero-order chi connectivity index (χ0) is 76.8. The molecule has 0 radical (unpaired) electrons. The van der Waals surface area contributed by atoms with Gasteiger partial charge < -0.3 is 37.9 Å². The number of aromatic nitrogens is 9. The number of carbonyl (C=O) groups is 3. The van der Waals surface area contributed by atoms with Gasteiger partial charge in [0.05, 0.1) is 45.1 Å². The molecule has 15 rings (SSSR count). The van der Waals surface area contributed by atoms with Crippen LogP contribution in [-0.2, 0) is 74.2 Å². The van der Waals surface area contributed by atoms with Gasteiger partial charge in [0, 0.05) is 77.1 Å². The summed E-state index contributed by atoms with van der Waals surface area (Å²) in [6.07, 6.45) is -0.486. The Morgan fingerprint density at radius 1 is 0.449 bits per heavy atom. The number of nitrogens with one attached hydrogen (secondary N) is 3. The SMILES string of the molecule is COc1ccc(C2(C(=O)Nc3ccc(-c4cc(C(C)(C)C)nc5c4c(N)nn5C)cc3)CC2)cc1.Cc1ccc(F)c(C2(C(=O)Nc3ccc(-c4cc(C(C)(C)C)nc5c4c(N)nn5C)cc3)CC2)c1.Cn1nc(N)c2c(-c3ccc(NC(=O)C4(c5cccc(C(F)(F)F)c5)CC4)cc3)cc(C(C)(C)C)nc21. The maximum Gasteiger partial charge on any atom is 0.416 e. The number of amides is 3. The van der Waals surface area contributed by atoms with Gasteiger partial charge in [0.2, 0.25) is 17.7 Å². The molecule has 3 fully saturated rings. The molecule has 9 N–H and O–H groups in total. The van der Waals surface area contributed by atoms with Crippen molar-refractivity contribution >= 4 is 85.3 Å². The minimum Gasteiger partial charge on any atom is -0.497 e. The summed E-state index contributed by atoms with van der Waals surface area (Å²) >= 11 is 0. The lowest BCUT2D eigenvalue weighted by molar-refractivity contribution is -0.137. The van der Waals surface area contributed by atoms with Gasteiger partial charge >= 0.3 is 6.18 Å². The molecule has 552 valence electrons. The maximum atomic E-state index is 14.5. The van der Waals surface area contributed by atoms with E-state index >= 15 is 0 Å². The number of nitrogen functional groups attached to an aromatic ring is 3. The molecule has 3 aliphatic carbocycles. The Morgan fingerprint density at radius 3 is 1.12 bits per heavy atom. The van der Waals surface area contributed by atoms with Crippen LogP contribution in [0.1, 0.15) is 146 Å². The number of methoxy groups -OCH3 is 1. The van der Waals surface area contributed by atoms with Crippen LogP contribution >= 0.6 is 0 Å². The van der Waals surface area contributed by atoms with E-state index in [2.05, 4.69) is 106 Å². The summed E-state index contributed by atoms with van der Waals surface area (Å²) in [6.45, 7) is 20.9. The highest BCUT2D eigenvalue weighted by Crippen LogP contribution is 2.53. The van der Waals surface area contributed by atoms with Crippen molar-refractivity contribution in [3.63, 3.8) is 0 Å². The number of benzene rings is 6. The average Bonchev–Trinajstić information content (AvgIpc) is 1.64. The fourth-order valence-corrected chi connectivity index (χ4v) is 13.8. The molecule has 6 heterocycles. The summed E-state index contributed by atoms with van der Waals surface area (Å²) in [4.78, 5) is 54.0. The number of hydrogen-bond acceptors (Lipinski definition) is 13. The van der Waals surface area contributed by atoms with E-state index in [1.54, 1.807) is 58.5 Å². The van der Waals surface area contributed by atoms with Crippen LogP contribution in [-0.4, -0.2) is 69.1 Å². The molecular formula is C84H89F4N15O4. The van der Waals surface area contributed by atoms with E-state index in [0.29, 0.717) is 71.3 Å². The van der Waals surface area contributed by atoms with Gasteiger partial charge in [0.15, 0.2) is 34.4 Å². The summed E-state index contributed by atoms with van der Waals surface area (Å²) in [6, 6.07) is 46.8. The van der Waals surface area contributed by atoms with E-state index < -0.39 is 28.0 Å². The van der Waals surface area contributed by atoms with Crippen LogP contribution < -0.4 is 37.9 Å². The molecule has 6 aromatic carbocycles. The minimum atomic E-state index is -4.46. The number of ether oxygens (including phenoxy) is 1. The summed E-state index contributed by atoms with van der Waals surface area (Å²) in [5, 5.41) is 24.5. The third-order valence-electron chi connectivity index (χ3n) is 20.7. The molecule has 3 amide bonds. The fourth-order valence-electron chi connectivity index (χ4n) is 13.8. The van der Waals surface area contributed by atoms with Crippen molar-refractivity contribution in [2.24, 2.45) is 21.1 Å². The van der Waals surface area contributed by atoms with Crippen LogP contribution in [0.2, 0.25) is 0 Å². The highest BCUT2D eigenvalue weighted by molar-refractivity contribution is 6.06. The van der Waals surface area contributed by atoms with Crippen molar-refractivity contribution in [1.82, 2.24) is 44.3 Å². The Morgan fingerprint density at radius 2 is 0.794 bits per heavy atom. The molecule has 3 saturated carbocycles. The van der Waals surface area contributed by atoms with Crippen molar-refractivity contribution in [2.75, 3.05) is 40.3 Å². The van der Waals surface area contributed by atoms with Gasteiger partial charge in [-0.1, -0.05) is 147 Å². The smallest absolute Gasteiger partial charge is 0.416 e. The van der Waals surface area contributed by atoms with Gasteiger partial charge in [-0.25, -0.2) is 33.4 Å². The number of halogens is 4. The normalized spacial score (nSPS) is 14.9. The fraction of sp³-hybridized carbons (Fsp3) is 0.321. The first-order valence-corrected chi connectivity index (χ1v) is 35.7. The number of hydrogen-bond donors (Lipinski definition) is 6. The Kier molecular flexibility index (Phi) is 18.7. The van der Waals surface area contributed by atoms with Gasteiger partial charge in [0.1, 0.15) is 11.6 Å². The first kappa shape index (κ1) is 73.8. The summed E-state index contributed by atoms with van der Waals surface area (Å²) in [5.41, 5.74) is 30.8. The molecule has 0 spiro atoms. The number of aryl methyl sites for hydroxylation is 4. The van der Waals surface area contributed by atoms with Crippen molar-refractivity contribution in [2.45, 2.75) is 146 Å². The van der Waals surface area contributed by atoms with Gasteiger partial charge in [-0.05, 0) is 169 Å². The standard InChI is InChI=1S/C28H28F3N5O.C28H30FN5O.C28H31N5O2/c1-26(2,3)21-15-20(22-23(32)35-36(4)24(22)34-21)16-8-10-19(11-9-16)33-25(37)27(12-13-27)17-6-5-7-18(14-17)28(29,30)31;1-16-6-11-21(29)20(14-16)28(12-13-28)26(35)31-18-9-7-17(8-10-18)19-15-22(27(2,3)4)32-25-23(19)24(30)33-34(25)5;1-27(2,3)22-16-21(23-24(29)32-33(4)25(23)31-22)17-6-10-19(11-7-17)30-26(34)28(14-15-28)18-8-12-20(35-5)13-9-18/h5-11,14-15H,12-13H2,1-4H3,(H2,32,35)(H,33,37);6-11,14-15H,12-13H2,1-5H3,(H2,30,33)(H,31,35);6-13,16H,14-15H2,1-5H3,(H2,29,32)(H,30,34). The number of anilines is 6. The minimum absolute atomic E-state index is 0.0215. The van der Waals surface area contributed by atoms with Crippen LogP contribution in [0.25, 0.3) is 66.5 Å². The second-order valence-corrected chi connectivity index (χ2v) is 31.7. The van der Waals surface area contributed by atoms with Crippen molar-refractivity contribution in [3.8, 4) is 39.1 Å². The van der Waals surface area contributed by atoms with Crippen molar-refractivity contribution < 1.29 is 36.7 Å². The van der Waals surface area contributed by atoms with Gasteiger partial charge in [-0.3, -0.25) is 14.4 Å². The lowest BCUT2D eigenvalue weighted by Crippen LogP contribution is -2.28. The first-order valence-electron chi connectivity index (χ1n) is 35.7. The molecule has 0 atom stereocenters. The largest absolute Gasteiger partial charge is 0.497 e. The summed E-state index contributed by atoms with van der Waals surface area (Å²) < 4.78 is 64.5. The number of fused-ring (bicyclic) bond motifs is 3. The molecule has 0 aliphatic heterocycles. The quantitative estimate of drug-likeness (QED) is 0.0587. The Bertz CT molecular complexity index is 5460. The van der Waals surface area contributed by atoms with Crippen molar-refractivity contribution in [1.29, 1.82) is 0 Å². The van der Waals surface area contributed by atoms with E-state index in [9.17, 15) is 31.9 Å². The van der Waals surface area contributed by atoms with Crippen LogP contribution in [0.3, 0.4) is 0 Å². The number of rotatable bonds is 13. The number of alkyl halides is 3. The van der Waals surface area contributed by atoms with Gasteiger partial charge in [-0.2, -0.15) is 28.5 Å². The predicted molar refractivity (Wildman–Crippen MR) is 415 cm³/mol. The van der Waals surface area contributed by atoms with Gasteiger partial charge in [-0.15, -0.1) is 0 Å². The third-order valence-corrected chi connectivity index (χ3v) is 20.7. The predicted octanol–water partition coefficient (Wildman–Crippen LogP) is 17.0. The average molecular weight is 1450 g/mol. The molecule has 0 saturated heterocycles. The van der Waals surface area contributed by atoms with E-state index in [1.807, 2.05) is 112 Å². The third kappa shape index (κ3) is 14.5. The first-order chi connectivity index (χ1) is 50.4. The molecule has 3 aliphatic rings. The zero-order valence-electron chi connectivity index (χ0n) is 62.7. The molecule has 6 aromatic heterocycles. The summed E-state index contributed by atoms with van der Waals surface area (Å²) in [7, 11) is 7.14. The van der Waals surface area contributed by atoms with E-state index in [-0.39, 0.29) is 39.8 Å². The number of carbonyl (C=O) groups excluding carboxylic acids is 3. The van der Waals surface area contributed by atoms with E-state index in [1.165, 1.54) is 12.1 Å². The van der Waals surface area contributed by atoms with Gasteiger partial charge in [0.25, 0.3) is 0 Å². The van der Waals surface area contributed by atoms with Crippen LogP contribution in [0.5, 0.6) is 5.75 Å². The lowest BCUT2D eigenvalue weighted by Gasteiger charge is -2.20. The highest BCUT2D eigenvalue weighted by Gasteiger charge is 2.54. The van der Waals surface area contributed by atoms with Crippen LogP contribution in [0, 0.1) is 12.7 Å². The Hall–Kier alpha value is -11.5.